The number of benzene rings is 1. The molecule has 4 rings (SSSR count). The van der Waals surface area contributed by atoms with Gasteiger partial charge in [0.15, 0.2) is 10.9 Å². The van der Waals surface area contributed by atoms with Crippen molar-refractivity contribution in [1.82, 2.24) is 9.29 Å². The van der Waals surface area contributed by atoms with Crippen LogP contribution in [0.3, 0.4) is 0 Å². The number of hydrogen-bond donors (Lipinski definition) is 1. The minimum Gasteiger partial charge on any atom is -0.301 e. The molecule has 1 aromatic carbocycles. The molecule has 0 saturated carbocycles. The Hall–Kier alpha value is -2.10. The van der Waals surface area contributed by atoms with Gasteiger partial charge >= 0.3 is 0 Å². The quantitative estimate of drug-likeness (QED) is 0.775. The molecule has 1 aliphatic heterocycles. The smallest absolute Gasteiger partial charge is 0.244 e. The predicted octanol–water partition coefficient (Wildman–Crippen LogP) is 3.40. The van der Waals surface area contributed by atoms with Crippen LogP contribution in [0.25, 0.3) is 0 Å². The van der Waals surface area contributed by atoms with Gasteiger partial charge in [-0.1, -0.05) is 42.9 Å². The van der Waals surface area contributed by atoms with Crippen molar-refractivity contribution in [3.8, 4) is 0 Å². The molecule has 1 atom stereocenters. The molecule has 0 spiro atoms. The standard InChI is InChI=1S/C21H25N3O4S2/c1-13-6-8-14(9-7-13)30(27,28)24-10-4-5-16(24)19(26)23-20-22-15-11-21(2,3)12-17(25)18(15)29-20/h6-9,16H,4-5,10-12H2,1-3H3,(H,22,23,26)/t16-/m1/s1. The molecule has 0 bridgehead atoms. The fraction of sp³-hybridized carbons (Fsp3) is 0.476. The number of hydrogen-bond acceptors (Lipinski definition) is 6. The molecule has 2 aromatic rings. The Kier molecular flexibility index (Phi) is 5.32. The Labute approximate surface area is 180 Å². The first-order chi connectivity index (χ1) is 14.1. The summed E-state index contributed by atoms with van der Waals surface area (Å²) in [4.78, 5) is 30.6. The monoisotopic (exact) mass is 447 g/mol. The van der Waals surface area contributed by atoms with Gasteiger partial charge in [-0.15, -0.1) is 0 Å². The van der Waals surface area contributed by atoms with Gasteiger partial charge < -0.3 is 5.32 Å². The zero-order valence-electron chi connectivity index (χ0n) is 17.3. The first-order valence-corrected chi connectivity index (χ1v) is 12.2. The van der Waals surface area contributed by atoms with Crippen molar-refractivity contribution in [3.05, 3.63) is 40.4 Å². The molecule has 1 saturated heterocycles. The van der Waals surface area contributed by atoms with E-state index in [1.807, 2.05) is 20.8 Å². The van der Waals surface area contributed by atoms with Crippen LogP contribution in [0, 0.1) is 12.3 Å². The maximum absolute atomic E-state index is 13.1. The number of anilines is 1. The molecule has 2 heterocycles. The minimum absolute atomic E-state index is 0.0451. The van der Waals surface area contributed by atoms with Crippen LogP contribution in [0.5, 0.6) is 0 Å². The first-order valence-electron chi connectivity index (χ1n) is 9.99. The van der Waals surface area contributed by atoms with E-state index in [0.717, 1.165) is 5.56 Å². The second-order valence-corrected chi connectivity index (χ2v) is 11.7. The van der Waals surface area contributed by atoms with Gasteiger partial charge in [0.2, 0.25) is 15.9 Å². The lowest BCUT2D eigenvalue weighted by Gasteiger charge is -2.26. The lowest BCUT2D eigenvalue weighted by Crippen LogP contribution is -2.43. The number of fused-ring (bicyclic) bond motifs is 1. The number of aryl methyl sites for hydroxylation is 1. The number of thiazole rings is 1. The van der Waals surface area contributed by atoms with E-state index in [4.69, 9.17) is 0 Å². The number of aromatic nitrogens is 1. The summed E-state index contributed by atoms with van der Waals surface area (Å²) in [6, 6.07) is 5.84. The Balaban J connectivity index is 1.54. The minimum atomic E-state index is -3.77. The number of amides is 1. The largest absolute Gasteiger partial charge is 0.301 e. The number of nitrogens with one attached hydrogen (secondary N) is 1. The molecule has 9 heteroatoms. The predicted molar refractivity (Wildman–Crippen MR) is 115 cm³/mol. The third-order valence-electron chi connectivity index (χ3n) is 5.60. The van der Waals surface area contributed by atoms with Crippen molar-refractivity contribution in [1.29, 1.82) is 0 Å². The zero-order chi connectivity index (χ0) is 21.7. The average molecular weight is 448 g/mol. The Morgan fingerprint density at radius 3 is 2.63 bits per heavy atom. The van der Waals surface area contributed by atoms with Gasteiger partial charge in [-0.3, -0.25) is 9.59 Å². The second-order valence-electron chi connectivity index (χ2n) is 8.81. The van der Waals surface area contributed by atoms with E-state index in [1.54, 1.807) is 24.3 Å². The van der Waals surface area contributed by atoms with Crippen molar-refractivity contribution in [2.24, 2.45) is 5.41 Å². The lowest BCUT2D eigenvalue weighted by atomic mass is 9.78. The van der Waals surface area contributed by atoms with Crippen LogP contribution >= 0.6 is 11.3 Å². The van der Waals surface area contributed by atoms with Crippen molar-refractivity contribution in [2.45, 2.75) is 57.4 Å². The van der Waals surface area contributed by atoms with Crippen LogP contribution in [-0.2, 0) is 21.2 Å². The molecule has 0 radical (unpaired) electrons. The Morgan fingerprint density at radius 2 is 1.93 bits per heavy atom. The maximum Gasteiger partial charge on any atom is 0.244 e. The van der Waals surface area contributed by atoms with Crippen LogP contribution in [0.2, 0.25) is 0 Å². The molecule has 1 amide bonds. The van der Waals surface area contributed by atoms with Crippen molar-refractivity contribution in [2.75, 3.05) is 11.9 Å². The fourth-order valence-corrected chi connectivity index (χ4v) is 6.68. The highest BCUT2D eigenvalue weighted by molar-refractivity contribution is 7.89. The Morgan fingerprint density at radius 1 is 1.23 bits per heavy atom. The van der Waals surface area contributed by atoms with Crippen LogP contribution in [0.4, 0.5) is 5.13 Å². The summed E-state index contributed by atoms with van der Waals surface area (Å²) < 4.78 is 27.4. The van der Waals surface area contributed by atoms with E-state index in [1.165, 1.54) is 15.6 Å². The molecular weight excluding hydrogens is 422 g/mol. The number of Topliss-reactive ketones (excluding diaryl/α,β-unsaturated/α-hetero) is 1. The highest BCUT2D eigenvalue weighted by Gasteiger charge is 2.40. The Bertz CT molecular complexity index is 1100. The van der Waals surface area contributed by atoms with E-state index in [0.29, 0.717) is 47.9 Å². The fourth-order valence-electron chi connectivity index (χ4n) is 4.10. The van der Waals surface area contributed by atoms with Gasteiger partial charge in [0.1, 0.15) is 6.04 Å². The maximum atomic E-state index is 13.1. The summed E-state index contributed by atoms with van der Waals surface area (Å²) in [6.07, 6.45) is 2.21. The average Bonchev–Trinajstić information content (AvgIpc) is 3.28. The van der Waals surface area contributed by atoms with Gasteiger partial charge in [0.05, 0.1) is 15.5 Å². The van der Waals surface area contributed by atoms with E-state index >= 15 is 0 Å². The summed E-state index contributed by atoms with van der Waals surface area (Å²) in [7, 11) is -3.77. The van der Waals surface area contributed by atoms with Gasteiger partial charge in [-0.2, -0.15) is 4.31 Å². The molecule has 30 heavy (non-hydrogen) atoms. The van der Waals surface area contributed by atoms with Crippen LogP contribution in [-0.4, -0.2) is 42.0 Å². The number of carbonyl (C=O) groups excluding carboxylic acids is 2. The van der Waals surface area contributed by atoms with E-state index < -0.39 is 22.0 Å². The number of sulfonamides is 1. The molecular formula is C21H25N3O4S2. The number of ketones is 1. The summed E-state index contributed by atoms with van der Waals surface area (Å²) in [6.45, 7) is 6.24. The van der Waals surface area contributed by atoms with Crippen molar-refractivity contribution < 1.29 is 18.0 Å². The van der Waals surface area contributed by atoms with E-state index in [-0.39, 0.29) is 16.1 Å². The highest BCUT2D eigenvalue weighted by Crippen LogP contribution is 2.38. The number of carbonyl (C=O) groups is 2. The molecule has 2 aliphatic rings. The summed E-state index contributed by atoms with van der Waals surface area (Å²) in [5.74, 6) is -0.357. The summed E-state index contributed by atoms with van der Waals surface area (Å²) >= 11 is 1.18. The molecule has 1 aliphatic carbocycles. The van der Waals surface area contributed by atoms with Crippen molar-refractivity contribution >= 4 is 38.2 Å². The van der Waals surface area contributed by atoms with Crippen molar-refractivity contribution in [3.63, 3.8) is 0 Å². The van der Waals surface area contributed by atoms with Gasteiger partial charge in [-0.05, 0) is 43.7 Å². The molecule has 1 fully saturated rings. The number of rotatable bonds is 4. The SMILES string of the molecule is Cc1ccc(S(=O)(=O)N2CCC[C@@H]2C(=O)Nc2nc3c(s2)C(=O)CC(C)(C)C3)cc1. The summed E-state index contributed by atoms with van der Waals surface area (Å²) in [5.41, 5.74) is 1.53. The summed E-state index contributed by atoms with van der Waals surface area (Å²) in [5, 5.41) is 3.12. The van der Waals surface area contributed by atoms with E-state index in [9.17, 15) is 18.0 Å². The molecule has 1 N–H and O–H groups in total. The third kappa shape index (κ3) is 3.93. The van der Waals surface area contributed by atoms with Crippen LogP contribution in [0.1, 0.15) is 54.0 Å². The van der Waals surface area contributed by atoms with Gasteiger partial charge in [0, 0.05) is 13.0 Å². The molecule has 1 aromatic heterocycles. The lowest BCUT2D eigenvalue weighted by molar-refractivity contribution is -0.119. The van der Waals surface area contributed by atoms with E-state index in [2.05, 4.69) is 10.3 Å². The first kappa shape index (κ1) is 21.1. The van der Waals surface area contributed by atoms with Crippen LogP contribution in [0.15, 0.2) is 29.2 Å². The van der Waals surface area contributed by atoms with Gasteiger partial charge in [-0.25, -0.2) is 13.4 Å². The third-order valence-corrected chi connectivity index (χ3v) is 8.58. The highest BCUT2D eigenvalue weighted by atomic mass is 32.2. The van der Waals surface area contributed by atoms with Gasteiger partial charge in [0.25, 0.3) is 0 Å². The second kappa shape index (κ2) is 7.55. The topological polar surface area (TPSA) is 96.4 Å². The number of nitrogens with zero attached hydrogens (tertiary/aromatic N) is 2. The van der Waals surface area contributed by atoms with Crippen LogP contribution < -0.4 is 5.32 Å². The normalized spacial score (nSPS) is 21.4. The molecule has 0 unspecified atom stereocenters. The molecule has 160 valence electrons. The zero-order valence-corrected chi connectivity index (χ0v) is 18.9. The molecule has 7 nitrogen and oxygen atoms in total.